The molecule has 1 aromatic carbocycles. The van der Waals surface area contributed by atoms with Crippen LogP contribution in [0.3, 0.4) is 0 Å². The number of fused-ring (bicyclic) bond motifs is 1. The standard InChI is InChI=1S/C20H24N4O/c1-15-12-16(2)14-17(13-15)18-6-5-8-22(18)10-11-24-20(25)23-9-4-3-7-19(23)21-24/h3-4,7,9,12-14,18H,5-6,8,10-11H2,1-2H3. The van der Waals surface area contributed by atoms with Crippen molar-refractivity contribution in [2.24, 2.45) is 0 Å². The molecule has 1 saturated heterocycles. The summed E-state index contributed by atoms with van der Waals surface area (Å²) in [5, 5.41) is 4.44. The van der Waals surface area contributed by atoms with Crippen LogP contribution in [0.15, 0.2) is 47.4 Å². The van der Waals surface area contributed by atoms with E-state index in [2.05, 4.69) is 42.0 Å². The van der Waals surface area contributed by atoms with Crippen molar-refractivity contribution in [1.82, 2.24) is 19.1 Å². The van der Waals surface area contributed by atoms with Crippen LogP contribution in [0.25, 0.3) is 5.65 Å². The maximum Gasteiger partial charge on any atom is 0.350 e. The zero-order valence-electron chi connectivity index (χ0n) is 14.9. The topological polar surface area (TPSA) is 42.5 Å². The van der Waals surface area contributed by atoms with Gasteiger partial charge in [-0.2, -0.15) is 0 Å². The summed E-state index contributed by atoms with van der Waals surface area (Å²) in [4.78, 5) is 14.9. The average molecular weight is 336 g/mol. The Bertz CT molecular complexity index is 935. The van der Waals surface area contributed by atoms with E-state index >= 15 is 0 Å². The van der Waals surface area contributed by atoms with Crippen molar-refractivity contribution < 1.29 is 0 Å². The molecule has 5 nitrogen and oxygen atoms in total. The Balaban J connectivity index is 1.53. The van der Waals surface area contributed by atoms with Gasteiger partial charge in [0, 0.05) is 18.8 Å². The Hall–Kier alpha value is -2.40. The molecule has 0 spiro atoms. The van der Waals surface area contributed by atoms with Gasteiger partial charge >= 0.3 is 5.69 Å². The lowest BCUT2D eigenvalue weighted by molar-refractivity contribution is 0.241. The minimum Gasteiger partial charge on any atom is -0.294 e. The van der Waals surface area contributed by atoms with Crippen molar-refractivity contribution in [3.63, 3.8) is 0 Å². The summed E-state index contributed by atoms with van der Waals surface area (Å²) in [5.41, 5.74) is 4.69. The fraction of sp³-hybridized carbons (Fsp3) is 0.400. The first-order valence-corrected chi connectivity index (χ1v) is 8.98. The van der Waals surface area contributed by atoms with Crippen molar-refractivity contribution in [1.29, 1.82) is 0 Å². The predicted molar refractivity (Wildman–Crippen MR) is 98.9 cm³/mol. The number of hydrogen-bond donors (Lipinski definition) is 0. The van der Waals surface area contributed by atoms with Crippen molar-refractivity contribution in [3.05, 3.63) is 69.8 Å². The Morgan fingerprint density at radius 2 is 1.92 bits per heavy atom. The minimum absolute atomic E-state index is 0.0576. The lowest BCUT2D eigenvalue weighted by Crippen LogP contribution is -2.31. The summed E-state index contributed by atoms with van der Waals surface area (Å²) in [6, 6.07) is 12.9. The van der Waals surface area contributed by atoms with Crippen LogP contribution in [-0.2, 0) is 6.54 Å². The Morgan fingerprint density at radius 3 is 2.68 bits per heavy atom. The van der Waals surface area contributed by atoms with Gasteiger partial charge in [0.05, 0.1) is 6.54 Å². The first-order chi connectivity index (χ1) is 12.1. The molecule has 3 heterocycles. The van der Waals surface area contributed by atoms with Gasteiger partial charge < -0.3 is 0 Å². The summed E-state index contributed by atoms with van der Waals surface area (Å²) in [7, 11) is 0. The summed E-state index contributed by atoms with van der Waals surface area (Å²) < 4.78 is 3.19. The van der Waals surface area contributed by atoms with Gasteiger partial charge in [-0.1, -0.05) is 35.4 Å². The van der Waals surface area contributed by atoms with E-state index in [1.54, 1.807) is 15.3 Å². The monoisotopic (exact) mass is 336 g/mol. The van der Waals surface area contributed by atoms with Gasteiger partial charge in [-0.3, -0.25) is 9.30 Å². The Morgan fingerprint density at radius 1 is 1.12 bits per heavy atom. The van der Waals surface area contributed by atoms with Crippen LogP contribution in [0.5, 0.6) is 0 Å². The molecule has 3 aromatic rings. The highest BCUT2D eigenvalue weighted by Gasteiger charge is 2.26. The average Bonchev–Trinajstić information content (AvgIpc) is 3.17. The summed E-state index contributed by atoms with van der Waals surface area (Å²) in [6.45, 7) is 6.88. The summed E-state index contributed by atoms with van der Waals surface area (Å²) in [5.74, 6) is 0. The first kappa shape index (κ1) is 16.1. The molecule has 0 N–H and O–H groups in total. The molecule has 0 bridgehead atoms. The molecule has 0 aliphatic carbocycles. The van der Waals surface area contributed by atoms with Gasteiger partial charge in [-0.25, -0.2) is 9.48 Å². The molecular formula is C20H24N4O. The number of hydrogen-bond acceptors (Lipinski definition) is 3. The van der Waals surface area contributed by atoms with Gasteiger partial charge in [-0.15, -0.1) is 5.10 Å². The largest absolute Gasteiger partial charge is 0.350 e. The second-order valence-electron chi connectivity index (χ2n) is 7.05. The van der Waals surface area contributed by atoms with E-state index in [-0.39, 0.29) is 5.69 Å². The number of benzene rings is 1. The normalized spacial score (nSPS) is 18.2. The van der Waals surface area contributed by atoms with Gasteiger partial charge in [0.25, 0.3) is 0 Å². The van der Waals surface area contributed by atoms with E-state index in [1.165, 1.54) is 29.5 Å². The van der Waals surface area contributed by atoms with Crippen molar-refractivity contribution in [2.45, 2.75) is 39.3 Å². The summed E-state index contributed by atoms with van der Waals surface area (Å²) >= 11 is 0. The van der Waals surface area contributed by atoms with Crippen molar-refractivity contribution in [3.8, 4) is 0 Å². The molecule has 1 fully saturated rings. The third-order valence-corrected chi connectivity index (χ3v) is 5.08. The van der Waals surface area contributed by atoms with E-state index in [0.717, 1.165) is 13.1 Å². The van der Waals surface area contributed by atoms with Crippen LogP contribution in [0.4, 0.5) is 0 Å². The van der Waals surface area contributed by atoms with Crippen LogP contribution < -0.4 is 5.69 Å². The van der Waals surface area contributed by atoms with Crippen LogP contribution in [-0.4, -0.2) is 32.2 Å². The molecule has 0 saturated carbocycles. The molecular weight excluding hydrogens is 312 g/mol. The zero-order chi connectivity index (χ0) is 17.4. The van der Waals surface area contributed by atoms with Crippen LogP contribution in [0.2, 0.25) is 0 Å². The quantitative estimate of drug-likeness (QED) is 0.736. The minimum atomic E-state index is -0.0576. The van der Waals surface area contributed by atoms with Crippen LogP contribution >= 0.6 is 0 Å². The predicted octanol–water partition coefficient (Wildman–Crippen LogP) is 2.95. The zero-order valence-corrected chi connectivity index (χ0v) is 14.9. The SMILES string of the molecule is Cc1cc(C)cc(C2CCCN2CCn2nc3ccccn3c2=O)c1. The second-order valence-corrected chi connectivity index (χ2v) is 7.05. The molecule has 1 aliphatic heterocycles. The van der Waals surface area contributed by atoms with E-state index in [9.17, 15) is 4.79 Å². The van der Waals surface area contributed by atoms with Gasteiger partial charge in [-0.05, 0) is 50.9 Å². The highest BCUT2D eigenvalue weighted by Crippen LogP contribution is 2.32. The van der Waals surface area contributed by atoms with E-state index in [4.69, 9.17) is 0 Å². The molecule has 1 unspecified atom stereocenters. The van der Waals surface area contributed by atoms with Crippen molar-refractivity contribution >= 4 is 5.65 Å². The summed E-state index contributed by atoms with van der Waals surface area (Å²) in [6.07, 6.45) is 4.16. The molecule has 5 heteroatoms. The highest BCUT2D eigenvalue weighted by molar-refractivity contribution is 5.35. The Labute approximate surface area is 147 Å². The maximum absolute atomic E-state index is 12.4. The Kier molecular flexibility index (Phi) is 4.17. The van der Waals surface area contributed by atoms with Crippen LogP contribution in [0.1, 0.15) is 35.6 Å². The molecule has 0 amide bonds. The third-order valence-electron chi connectivity index (χ3n) is 5.08. The van der Waals surface area contributed by atoms with Gasteiger partial charge in [0.2, 0.25) is 0 Å². The lowest BCUT2D eigenvalue weighted by atomic mass is 9.99. The number of rotatable bonds is 4. The molecule has 0 radical (unpaired) electrons. The van der Waals surface area contributed by atoms with Crippen LogP contribution in [0, 0.1) is 13.8 Å². The number of nitrogens with zero attached hydrogens (tertiary/aromatic N) is 4. The molecule has 130 valence electrons. The van der Waals surface area contributed by atoms with Gasteiger partial charge in [0.15, 0.2) is 5.65 Å². The fourth-order valence-electron chi connectivity index (χ4n) is 4.01. The number of aryl methyl sites for hydroxylation is 2. The fourth-order valence-corrected chi connectivity index (χ4v) is 4.01. The molecule has 1 atom stereocenters. The lowest BCUT2D eigenvalue weighted by Gasteiger charge is -2.25. The van der Waals surface area contributed by atoms with E-state index < -0.39 is 0 Å². The molecule has 2 aromatic heterocycles. The number of likely N-dealkylation sites (tertiary alicyclic amines) is 1. The number of pyridine rings is 1. The highest BCUT2D eigenvalue weighted by atomic mass is 16.2. The third kappa shape index (κ3) is 3.12. The van der Waals surface area contributed by atoms with E-state index in [0.29, 0.717) is 18.2 Å². The van der Waals surface area contributed by atoms with E-state index in [1.807, 2.05) is 18.2 Å². The van der Waals surface area contributed by atoms with Crippen molar-refractivity contribution in [2.75, 3.05) is 13.1 Å². The first-order valence-electron chi connectivity index (χ1n) is 8.98. The molecule has 4 rings (SSSR count). The van der Waals surface area contributed by atoms with Gasteiger partial charge in [0.1, 0.15) is 0 Å². The smallest absolute Gasteiger partial charge is 0.294 e. The number of aromatic nitrogens is 3. The maximum atomic E-state index is 12.4. The second kappa shape index (κ2) is 6.48. The molecule has 25 heavy (non-hydrogen) atoms. The molecule has 1 aliphatic rings.